The van der Waals surface area contributed by atoms with Gasteiger partial charge in [-0.2, -0.15) is 5.10 Å². The summed E-state index contributed by atoms with van der Waals surface area (Å²) in [6, 6.07) is 10.3. The number of aryl methyl sites for hydroxylation is 2. The Balaban J connectivity index is 1.92. The van der Waals surface area contributed by atoms with E-state index < -0.39 is 11.6 Å². The molecule has 0 radical (unpaired) electrons. The van der Waals surface area contributed by atoms with E-state index in [4.69, 9.17) is 11.6 Å². The molecule has 1 N–H and O–H groups in total. The molecule has 0 aliphatic heterocycles. The number of rotatable bonds is 3. The number of hydrogen-bond acceptors (Lipinski definition) is 4. The van der Waals surface area contributed by atoms with E-state index >= 15 is 0 Å². The van der Waals surface area contributed by atoms with Gasteiger partial charge in [0.15, 0.2) is 11.6 Å². The summed E-state index contributed by atoms with van der Waals surface area (Å²) in [5.74, 6) is -0.705. The molecule has 0 unspecified atom stereocenters. The van der Waals surface area contributed by atoms with Crippen molar-refractivity contribution in [3.63, 3.8) is 0 Å². The van der Waals surface area contributed by atoms with Gasteiger partial charge < -0.3 is 5.32 Å². The van der Waals surface area contributed by atoms with Crippen LogP contribution in [0.15, 0.2) is 42.5 Å². The fourth-order valence-electron chi connectivity index (χ4n) is 2.81. The van der Waals surface area contributed by atoms with Gasteiger partial charge >= 0.3 is 0 Å². The van der Waals surface area contributed by atoms with Crippen molar-refractivity contribution >= 4 is 34.1 Å². The number of hydrogen-bond donors (Lipinski definition) is 1. The Morgan fingerprint density at radius 2 is 1.78 bits per heavy atom. The highest BCUT2D eigenvalue weighted by molar-refractivity contribution is 6.31. The Labute approximate surface area is 158 Å². The second-order valence-corrected chi connectivity index (χ2v) is 6.55. The molecule has 136 valence electrons. The Morgan fingerprint density at radius 3 is 2.48 bits per heavy atom. The summed E-state index contributed by atoms with van der Waals surface area (Å²) < 4.78 is 29.0. The molecule has 0 bridgehead atoms. The van der Waals surface area contributed by atoms with Gasteiger partial charge in [-0.15, -0.1) is 0 Å². The van der Waals surface area contributed by atoms with Crippen LogP contribution < -0.4 is 5.32 Å². The first kappa shape index (κ1) is 17.4. The van der Waals surface area contributed by atoms with Crippen molar-refractivity contribution in [1.82, 2.24) is 19.7 Å². The standard InChI is InChI=1S/C19H14ClF2N5/c1-10-7-11(2)27(26-10)19-18(23-15-6-4-13(21)9-14(15)22)24-16-5-3-12(20)8-17(16)25-19/h3-9H,1-2H3,(H,23,24). The lowest BCUT2D eigenvalue weighted by Gasteiger charge is -2.13. The summed E-state index contributed by atoms with van der Waals surface area (Å²) >= 11 is 6.07. The summed E-state index contributed by atoms with van der Waals surface area (Å²) in [6.45, 7) is 3.74. The quantitative estimate of drug-likeness (QED) is 0.532. The minimum absolute atomic E-state index is 0.0850. The molecule has 0 aliphatic carbocycles. The maximum Gasteiger partial charge on any atom is 0.197 e. The van der Waals surface area contributed by atoms with Gasteiger partial charge in [-0.1, -0.05) is 11.6 Å². The van der Waals surface area contributed by atoms with E-state index in [1.807, 2.05) is 19.9 Å². The van der Waals surface area contributed by atoms with Gasteiger partial charge in [0, 0.05) is 16.8 Å². The summed E-state index contributed by atoms with van der Waals surface area (Å²) in [5.41, 5.74) is 2.89. The van der Waals surface area contributed by atoms with Gasteiger partial charge in [-0.25, -0.2) is 23.4 Å². The average Bonchev–Trinajstić information content (AvgIpc) is 2.95. The van der Waals surface area contributed by atoms with E-state index in [2.05, 4.69) is 20.4 Å². The summed E-state index contributed by atoms with van der Waals surface area (Å²) in [5, 5.41) is 7.87. The first-order chi connectivity index (χ1) is 12.9. The molecule has 4 aromatic rings. The van der Waals surface area contributed by atoms with Crippen LogP contribution in [0.4, 0.5) is 20.3 Å². The molecular formula is C19H14ClF2N5. The largest absolute Gasteiger partial charge is 0.335 e. The number of anilines is 2. The normalized spacial score (nSPS) is 11.1. The molecule has 0 atom stereocenters. The van der Waals surface area contributed by atoms with E-state index in [0.29, 0.717) is 27.7 Å². The molecule has 5 nitrogen and oxygen atoms in total. The molecule has 2 aromatic carbocycles. The molecule has 2 heterocycles. The molecule has 0 aliphatic rings. The van der Waals surface area contributed by atoms with Gasteiger partial charge in [0.25, 0.3) is 0 Å². The Bertz CT molecular complexity index is 1170. The van der Waals surface area contributed by atoms with Gasteiger partial charge in [0.05, 0.1) is 22.4 Å². The molecule has 0 fully saturated rings. The lowest BCUT2D eigenvalue weighted by Crippen LogP contribution is -2.09. The third kappa shape index (κ3) is 3.33. The lowest BCUT2D eigenvalue weighted by molar-refractivity contribution is 0.586. The third-order valence-electron chi connectivity index (χ3n) is 4.00. The second kappa shape index (κ2) is 6.59. The number of nitrogens with zero attached hydrogens (tertiary/aromatic N) is 4. The van der Waals surface area contributed by atoms with Crippen molar-refractivity contribution < 1.29 is 8.78 Å². The molecule has 2 aromatic heterocycles. The van der Waals surface area contributed by atoms with Crippen LogP contribution in [0.1, 0.15) is 11.4 Å². The van der Waals surface area contributed by atoms with Crippen molar-refractivity contribution in [2.45, 2.75) is 13.8 Å². The fourth-order valence-corrected chi connectivity index (χ4v) is 2.98. The molecule has 27 heavy (non-hydrogen) atoms. The van der Waals surface area contributed by atoms with Crippen molar-refractivity contribution in [2.24, 2.45) is 0 Å². The highest BCUT2D eigenvalue weighted by Gasteiger charge is 2.16. The first-order valence-corrected chi connectivity index (χ1v) is 8.51. The van der Waals surface area contributed by atoms with Crippen LogP contribution in [0.3, 0.4) is 0 Å². The number of nitrogens with one attached hydrogen (secondary N) is 1. The fraction of sp³-hybridized carbons (Fsp3) is 0.105. The van der Waals surface area contributed by atoms with E-state index in [1.54, 1.807) is 22.9 Å². The van der Waals surface area contributed by atoms with E-state index in [-0.39, 0.29) is 5.69 Å². The van der Waals surface area contributed by atoms with Crippen LogP contribution in [0, 0.1) is 25.5 Å². The zero-order valence-corrected chi connectivity index (χ0v) is 15.2. The van der Waals surface area contributed by atoms with Crippen molar-refractivity contribution in [3.05, 3.63) is 70.5 Å². The van der Waals surface area contributed by atoms with Crippen LogP contribution >= 0.6 is 11.6 Å². The highest BCUT2D eigenvalue weighted by Crippen LogP contribution is 2.27. The summed E-state index contributed by atoms with van der Waals surface area (Å²) in [4.78, 5) is 9.17. The summed E-state index contributed by atoms with van der Waals surface area (Å²) in [6.07, 6.45) is 0. The number of aromatic nitrogens is 4. The van der Waals surface area contributed by atoms with E-state index in [0.717, 1.165) is 17.5 Å². The Kier molecular flexibility index (Phi) is 4.24. The highest BCUT2D eigenvalue weighted by atomic mass is 35.5. The van der Waals surface area contributed by atoms with E-state index in [1.165, 1.54) is 12.1 Å². The monoisotopic (exact) mass is 385 g/mol. The average molecular weight is 386 g/mol. The summed E-state index contributed by atoms with van der Waals surface area (Å²) in [7, 11) is 0. The zero-order chi connectivity index (χ0) is 19.1. The Morgan fingerprint density at radius 1 is 0.963 bits per heavy atom. The second-order valence-electron chi connectivity index (χ2n) is 6.12. The molecule has 0 saturated carbocycles. The number of halogens is 3. The molecule has 8 heteroatoms. The smallest absolute Gasteiger partial charge is 0.197 e. The molecular weight excluding hydrogens is 372 g/mol. The minimum Gasteiger partial charge on any atom is -0.335 e. The predicted molar refractivity (Wildman–Crippen MR) is 101 cm³/mol. The van der Waals surface area contributed by atoms with Crippen LogP contribution in [0.5, 0.6) is 0 Å². The topological polar surface area (TPSA) is 55.6 Å². The zero-order valence-electron chi connectivity index (χ0n) is 14.5. The lowest BCUT2D eigenvalue weighted by atomic mass is 10.2. The van der Waals surface area contributed by atoms with Gasteiger partial charge in [-0.3, -0.25) is 0 Å². The molecule has 0 amide bonds. The van der Waals surface area contributed by atoms with Gasteiger partial charge in [0.1, 0.15) is 11.6 Å². The van der Waals surface area contributed by atoms with E-state index in [9.17, 15) is 8.78 Å². The minimum atomic E-state index is -0.729. The molecule has 0 spiro atoms. The van der Waals surface area contributed by atoms with Crippen LogP contribution in [-0.2, 0) is 0 Å². The van der Waals surface area contributed by atoms with Crippen molar-refractivity contribution in [1.29, 1.82) is 0 Å². The maximum atomic E-state index is 14.1. The van der Waals surface area contributed by atoms with Crippen LogP contribution in [0.2, 0.25) is 5.02 Å². The predicted octanol–water partition coefficient (Wildman–Crippen LogP) is 5.11. The van der Waals surface area contributed by atoms with Crippen LogP contribution in [0.25, 0.3) is 16.9 Å². The van der Waals surface area contributed by atoms with Gasteiger partial charge in [0.2, 0.25) is 0 Å². The third-order valence-corrected chi connectivity index (χ3v) is 4.24. The number of fused-ring (bicyclic) bond motifs is 1. The Hall–Kier alpha value is -3.06. The SMILES string of the molecule is Cc1cc(C)n(-c2nc3cc(Cl)ccc3nc2Nc2ccc(F)cc2F)n1. The number of benzene rings is 2. The van der Waals surface area contributed by atoms with Crippen LogP contribution in [-0.4, -0.2) is 19.7 Å². The molecule has 0 saturated heterocycles. The van der Waals surface area contributed by atoms with Crippen molar-refractivity contribution in [3.8, 4) is 5.82 Å². The van der Waals surface area contributed by atoms with Gasteiger partial charge in [-0.05, 0) is 50.2 Å². The maximum absolute atomic E-state index is 14.1. The molecule has 4 rings (SSSR count). The van der Waals surface area contributed by atoms with Crippen molar-refractivity contribution in [2.75, 3.05) is 5.32 Å². The first-order valence-electron chi connectivity index (χ1n) is 8.14.